The van der Waals surface area contributed by atoms with Gasteiger partial charge in [-0.1, -0.05) is 39.7 Å². The number of aryl methyl sites for hydroxylation is 1. The molecule has 2 aromatic rings. The van der Waals surface area contributed by atoms with Crippen LogP contribution in [0.15, 0.2) is 53.0 Å². The van der Waals surface area contributed by atoms with Crippen molar-refractivity contribution in [3.8, 4) is 0 Å². The maximum Gasteiger partial charge on any atom is 0.248 e. The summed E-state index contributed by atoms with van der Waals surface area (Å²) in [6, 6.07) is 13.1. The summed E-state index contributed by atoms with van der Waals surface area (Å²) in [5.74, 6) is -0.169. The van der Waals surface area contributed by atoms with Crippen molar-refractivity contribution in [3.63, 3.8) is 0 Å². The second kappa shape index (κ2) is 6.73. The molecule has 0 aliphatic heterocycles. The van der Waals surface area contributed by atoms with E-state index in [1.54, 1.807) is 18.2 Å². The molecular formula is C16H13BrClNO. The second-order valence-corrected chi connectivity index (χ2v) is 5.74. The Morgan fingerprint density at radius 3 is 2.55 bits per heavy atom. The molecule has 4 heteroatoms. The molecule has 2 aromatic carbocycles. The minimum absolute atomic E-state index is 0.169. The van der Waals surface area contributed by atoms with Crippen molar-refractivity contribution in [1.82, 2.24) is 0 Å². The van der Waals surface area contributed by atoms with E-state index in [0.717, 1.165) is 21.3 Å². The lowest BCUT2D eigenvalue weighted by atomic mass is 10.2. The predicted octanol–water partition coefficient (Wildman–Crippen LogP) is 5.06. The van der Waals surface area contributed by atoms with Gasteiger partial charge in [0.2, 0.25) is 5.91 Å². The molecule has 0 heterocycles. The lowest BCUT2D eigenvalue weighted by Gasteiger charge is -2.04. The molecule has 0 aromatic heterocycles. The second-order valence-electron chi connectivity index (χ2n) is 4.39. The van der Waals surface area contributed by atoms with Crippen LogP contribution in [0.1, 0.15) is 11.1 Å². The topological polar surface area (TPSA) is 29.1 Å². The standard InChI is InChI=1S/C16H13BrClNO/c1-11-8-13(17)10-15(9-11)19-16(20)7-4-12-2-5-14(18)6-3-12/h2-10H,1H3,(H,19,20)/b7-4+. The van der Waals surface area contributed by atoms with Gasteiger partial charge >= 0.3 is 0 Å². The molecule has 0 saturated heterocycles. The van der Waals surface area contributed by atoms with Crippen LogP contribution in [0.3, 0.4) is 0 Å². The number of carbonyl (C=O) groups excluding carboxylic acids is 1. The first-order valence-electron chi connectivity index (χ1n) is 6.05. The number of anilines is 1. The van der Waals surface area contributed by atoms with E-state index in [1.165, 1.54) is 6.08 Å². The van der Waals surface area contributed by atoms with Gasteiger partial charge in [-0.25, -0.2) is 0 Å². The summed E-state index contributed by atoms with van der Waals surface area (Å²) < 4.78 is 0.939. The van der Waals surface area contributed by atoms with Gasteiger partial charge in [-0.05, 0) is 54.5 Å². The Kier molecular flexibility index (Phi) is 4.99. The smallest absolute Gasteiger partial charge is 0.248 e. The maximum atomic E-state index is 11.8. The van der Waals surface area contributed by atoms with E-state index in [2.05, 4.69) is 21.2 Å². The highest BCUT2D eigenvalue weighted by molar-refractivity contribution is 9.10. The summed E-state index contributed by atoms with van der Waals surface area (Å²) in [6.07, 6.45) is 3.25. The molecule has 102 valence electrons. The van der Waals surface area contributed by atoms with Gasteiger partial charge in [-0.15, -0.1) is 0 Å². The fourth-order valence-corrected chi connectivity index (χ4v) is 2.47. The molecule has 0 unspecified atom stereocenters. The largest absolute Gasteiger partial charge is 0.322 e. The van der Waals surface area contributed by atoms with Crippen molar-refractivity contribution in [2.75, 3.05) is 5.32 Å². The molecular weight excluding hydrogens is 338 g/mol. The number of halogens is 2. The van der Waals surface area contributed by atoms with Crippen LogP contribution in [0.2, 0.25) is 5.02 Å². The molecule has 0 radical (unpaired) electrons. The Morgan fingerprint density at radius 1 is 1.20 bits per heavy atom. The Bertz CT molecular complexity index is 630. The summed E-state index contributed by atoms with van der Waals surface area (Å²) in [5, 5.41) is 3.50. The molecule has 2 rings (SSSR count). The number of amides is 1. The molecule has 0 aliphatic carbocycles. The zero-order chi connectivity index (χ0) is 14.5. The minimum atomic E-state index is -0.169. The van der Waals surface area contributed by atoms with Crippen molar-refractivity contribution < 1.29 is 4.79 Å². The van der Waals surface area contributed by atoms with Gasteiger partial charge in [0.25, 0.3) is 0 Å². The molecule has 2 nitrogen and oxygen atoms in total. The van der Waals surface area contributed by atoms with Crippen LogP contribution in [0.5, 0.6) is 0 Å². The number of rotatable bonds is 3. The molecule has 20 heavy (non-hydrogen) atoms. The van der Waals surface area contributed by atoms with Crippen molar-refractivity contribution in [1.29, 1.82) is 0 Å². The van der Waals surface area contributed by atoms with Crippen molar-refractivity contribution in [2.45, 2.75) is 6.92 Å². The average molecular weight is 351 g/mol. The highest BCUT2D eigenvalue weighted by Gasteiger charge is 2.00. The van der Waals surface area contributed by atoms with Gasteiger partial charge in [-0.3, -0.25) is 4.79 Å². The zero-order valence-electron chi connectivity index (χ0n) is 10.9. The molecule has 0 saturated carbocycles. The van der Waals surface area contributed by atoms with Gasteiger partial charge in [0.15, 0.2) is 0 Å². The molecule has 0 bridgehead atoms. The normalized spacial score (nSPS) is 10.8. The third kappa shape index (κ3) is 4.51. The summed E-state index contributed by atoms with van der Waals surface area (Å²) >= 11 is 9.21. The van der Waals surface area contributed by atoms with Gasteiger partial charge in [-0.2, -0.15) is 0 Å². The van der Waals surface area contributed by atoms with Crippen molar-refractivity contribution >= 4 is 45.2 Å². The Morgan fingerprint density at radius 2 is 1.90 bits per heavy atom. The molecule has 0 spiro atoms. The van der Waals surface area contributed by atoms with E-state index >= 15 is 0 Å². The third-order valence-corrected chi connectivity index (χ3v) is 3.32. The van der Waals surface area contributed by atoms with Gasteiger partial charge < -0.3 is 5.32 Å². The van der Waals surface area contributed by atoms with Crippen molar-refractivity contribution in [3.05, 3.63) is 69.2 Å². The number of carbonyl (C=O) groups is 1. The summed E-state index contributed by atoms with van der Waals surface area (Å²) in [7, 11) is 0. The van der Waals surface area contributed by atoms with Crippen LogP contribution >= 0.6 is 27.5 Å². The van der Waals surface area contributed by atoms with Gasteiger partial charge in [0, 0.05) is 21.3 Å². The van der Waals surface area contributed by atoms with Gasteiger partial charge in [0.1, 0.15) is 0 Å². The van der Waals surface area contributed by atoms with Crippen molar-refractivity contribution in [2.24, 2.45) is 0 Å². The van der Waals surface area contributed by atoms with Crippen LogP contribution < -0.4 is 5.32 Å². The van der Waals surface area contributed by atoms with Crippen LogP contribution in [0.4, 0.5) is 5.69 Å². The zero-order valence-corrected chi connectivity index (χ0v) is 13.2. The first-order chi connectivity index (χ1) is 9.52. The quantitative estimate of drug-likeness (QED) is 0.770. The van der Waals surface area contributed by atoms with Crippen LogP contribution in [-0.2, 0) is 4.79 Å². The lowest BCUT2D eigenvalue weighted by Crippen LogP contribution is -2.07. The predicted molar refractivity (Wildman–Crippen MR) is 88.0 cm³/mol. The first kappa shape index (κ1) is 14.8. The van der Waals surface area contributed by atoms with E-state index < -0.39 is 0 Å². The monoisotopic (exact) mass is 349 g/mol. The van der Waals surface area contributed by atoms with E-state index in [9.17, 15) is 4.79 Å². The van der Waals surface area contributed by atoms with Crippen LogP contribution in [0, 0.1) is 6.92 Å². The average Bonchev–Trinajstić information content (AvgIpc) is 2.37. The molecule has 0 aliphatic rings. The summed E-state index contributed by atoms with van der Waals surface area (Å²) in [6.45, 7) is 1.98. The minimum Gasteiger partial charge on any atom is -0.322 e. The molecule has 0 atom stereocenters. The molecule has 1 N–H and O–H groups in total. The molecule has 1 amide bonds. The van der Waals surface area contributed by atoms with E-state index in [0.29, 0.717) is 5.02 Å². The van der Waals surface area contributed by atoms with Crippen LogP contribution in [0.25, 0.3) is 6.08 Å². The SMILES string of the molecule is Cc1cc(Br)cc(NC(=O)/C=C/c2ccc(Cl)cc2)c1. The third-order valence-electron chi connectivity index (χ3n) is 2.61. The number of hydrogen-bond donors (Lipinski definition) is 1. The Labute approximate surface area is 131 Å². The van der Waals surface area contributed by atoms with Crippen LogP contribution in [-0.4, -0.2) is 5.91 Å². The fraction of sp³-hybridized carbons (Fsp3) is 0.0625. The highest BCUT2D eigenvalue weighted by Crippen LogP contribution is 2.19. The fourth-order valence-electron chi connectivity index (χ4n) is 1.74. The maximum absolute atomic E-state index is 11.8. The lowest BCUT2D eigenvalue weighted by molar-refractivity contribution is -0.111. The number of nitrogens with one attached hydrogen (secondary N) is 1. The Balaban J connectivity index is 2.03. The van der Waals surface area contributed by atoms with E-state index in [-0.39, 0.29) is 5.91 Å². The number of benzene rings is 2. The van der Waals surface area contributed by atoms with E-state index in [4.69, 9.17) is 11.6 Å². The summed E-state index contributed by atoms with van der Waals surface area (Å²) in [5.41, 5.74) is 2.77. The number of hydrogen-bond acceptors (Lipinski definition) is 1. The molecule has 0 fully saturated rings. The van der Waals surface area contributed by atoms with Gasteiger partial charge in [0.05, 0.1) is 0 Å². The Hall–Kier alpha value is -1.58. The highest BCUT2D eigenvalue weighted by atomic mass is 79.9. The first-order valence-corrected chi connectivity index (χ1v) is 7.22. The van der Waals surface area contributed by atoms with E-state index in [1.807, 2.05) is 37.3 Å². The summed E-state index contributed by atoms with van der Waals surface area (Å²) in [4.78, 5) is 11.8.